The number of hydrogen-bond donors (Lipinski definition) is 1. The lowest BCUT2D eigenvalue weighted by molar-refractivity contribution is 0.0745. The lowest BCUT2D eigenvalue weighted by atomic mass is 10.1. The van der Waals surface area contributed by atoms with Crippen LogP contribution in [0.5, 0.6) is 0 Å². The highest BCUT2D eigenvalue weighted by Gasteiger charge is 2.24. The van der Waals surface area contributed by atoms with Crippen molar-refractivity contribution in [1.29, 1.82) is 0 Å². The van der Waals surface area contributed by atoms with Crippen LogP contribution in [0.25, 0.3) is 11.0 Å². The van der Waals surface area contributed by atoms with E-state index in [1.165, 1.54) is 0 Å². The van der Waals surface area contributed by atoms with E-state index in [0.717, 1.165) is 36.2 Å². The van der Waals surface area contributed by atoms with Gasteiger partial charge in [0, 0.05) is 12.3 Å². The van der Waals surface area contributed by atoms with Gasteiger partial charge in [0.25, 0.3) is 0 Å². The number of fused-ring (bicyclic) bond motifs is 1. The first-order valence-electron chi connectivity index (χ1n) is 6.09. The number of ether oxygens (including phenoxy) is 1. The van der Waals surface area contributed by atoms with Gasteiger partial charge in [-0.05, 0) is 38.0 Å². The number of imidazole rings is 1. The Bertz CT molecular complexity index is 528. The Morgan fingerprint density at radius 2 is 2.41 bits per heavy atom. The highest BCUT2D eigenvalue weighted by molar-refractivity contribution is 5.79. The standard InChI is InChI=1S/C13H17N3O/c1-9(13-3-2-6-17-13)16-8-15-11-7-10(14)4-5-12(11)16/h4-5,7-9,13H,2-3,6,14H2,1H3. The highest BCUT2D eigenvalue weighted by Crippen LogP contribution is 2.27. The average molecular weight is 231 g/mol. The second-order valence-electron chi connectivity index (χ2n) is 4.69. The van der Waals surface area contributed by atoms with E-state index >= 15 is 0 Å². The van der Waals surface area contributed by atoms with Crippen LogP contribution in [0, 0.1) is 0 Å². The van der Waals surface area contributed by atoms with Crippen molar-refractivity contribution in [3.05, 3.63) is 24.5 Å². The quantitative estimate of drug-likeness (QED) is 0.807. The van der Waals surface area contributed by atoms with Crippen molar-refractivity contribution in [2.24, 2.45) is 0 Å². The number of benzene rings is 1. The molecule has 2 aromatic rings. The van der Waals surface area contributed by atoms with Gasteiger partial charge in [-0.15, -0.1) is 0 Å². The number of nitrogens with two attached hydrogens (primary N) is 1. The van der Waals surface area contributed by atoms with Crippen molar-refractivity contribution in [2.45, 2.75) is 31.9 Å². The molecule has 2 N–H and O–H groups in total. The van der Waals surface area contributed by atoms with Crippen LogP contribution in [-0.2, 0) is 4.74 Å². The molecule has 1 fully saturated rings. The topological polar surface area (TPSA) is 53.1 Å². The fourth-order valence-corrected chi connectivity index (χ4v) is 2.54. The van der Waals surface area contributed by atoms with Crippen molar-refractivity contribution < 1.29 is 4.74 Å². The number of anilines is 1. The molecule has 1 aromatic carbocycles. The molecule has 2 atom stereocenters. The van der Waals surface area contributed by atoms with Gasteiger partial charge in [-0.3, -0.25) is 0 Å². The van der Waals surface area contributed by atoms with E-state index in [1.807, 2.05) is 24.5 Å². The van der Waals surface area contributed by atoms with Gasteiger partial charge in [0.15, 0.2) is 0 Å². The van der Waals surface area contributed by atoms with Gasteiger partial charge in [0.1, 0.15) is 0 Å². The normalized spacial score (nSPS) is 22.1. The molecule has 1 saturated heterocycles. The van der Waals surface area contributed by atoms with E-state index < -0.39 is 0 Å². The molecular weight excluding hydrogens is 214 g/mol. The maximum absolute atomic E-state index is 5.76. The van der Waals surface area contributed by atoms with E-state index in [9.17, 15) is 0 Å². The Labute approximate surface area is 100 Å². The van der Waals surface area contributed by atoms with Crippen LogP contribution in [0.15, 0.2) is 24.5 Å². The molecule has 4 heteroatoms. The van der Waals surface area contributed by atoms with E-state index in [-0.39, 0.29) is 0 Å². The summed E-state index contributed by atoms with van der Waals surface area (Å²) in [6.07, 6.45) is 4.49. The van der Waals surface area contributed by atoms with Crippen LogP contribution in [0.2, 0.25) is 0 Å². The average Bonchev–Trinajstić information content (AvgIpc) is 2.96. The van der Waals surface area contributed by atoms with Crippen molar-refractivity contribution in [2.75, 3.05) is 12.3 Å². The molecule has 0 spiro atoms. The zero-order chi connectivity index (χ0) is 11.8. The lowest BCUT2D eigenvalue weighted by Gasteiger charge is -2.20. The smallest absolute Gasteiger partial charge is 0.0961 e. The molecule has 2 unspecified atom stereocenters. The monoisotopic (exact) mass is 231 g/mol. The summed E-state index contributed by atoms with van der Waals surface area (Å²) >= 11 is 0. The summed E-state index contributed by atoms with van der Waals surface area (Å²) in [6.45, 7) is 3.07. The van der Waals surface area contributed by atoms with Crippen molar-refractivity contribution in [3.63, 3.8) is 0 Å². The van der Waals surface area contributed by atoms with Gasteiger partial charge < -0.3 is 15.0 Å². The molecule has 0 amide bonds. The Kier molecular flexibility index (Phi) is 2.52. The Balaban J connectivity index is 1.99. The first kappa shape index (κ1) is 10.6. The third-order valence-corrected chi connectivity index (χ3v) is 3.54. The third kappa shape index (κ3) is 1.78. The zero-order valence-electron chi connectivity index (χ0n) is 9.97. The zero-order valence-corrected chi connectivity index (χ0v) is 9.97. The van der Waals surface area contributed by atoms with Gasteiger partial charge in [-0.2, -0.15) is 0 Å². The summed E-state index contributed by atoms with van der Waals surface area (Å²) < 4.78 is 7.92. The van der Waals surface area contributed by atoms with Crippen molar-refractivity contribution >= 4 is 16.7 Å². The van der Waals surface area contributed by atoms with Crippen LogP contribution >= 0.6 is 0 Å². The Hall–Kier alpha value is -1.55. The van der Waals surface area contributed by atoms with Gasteiger partial charge in [0.05, 0.1) is 29.5 Å². The maximum atomic E-state index is 5.76. The molecule has 3 rings (SSSR count). The number of hydrogen-bond acceptors (Lipinski definition) is 3. The molecule has 4 nitrogen and oxygen atoms in total. The van der Waals surface area contributed by atoms with E-state index in [1.54, 1.807) is 0 Å². The lowest BCUT2D eigenvalue weighted by Crippen LogP contribution is -2.20. The van der Waals surface area contributed by atoms with E-state index in [2.05, 4.69) is 16.5 Å². The van der Waals surface area contributed by atoms with Crippen molar-refractivity contribution in [1.82, 2.24) is 9.55 Å². The van der Waals surface area contributed by atoms with Crippen LogP contribution in [0.3, 0.4) is 0 Å². The molecular formula is C13H17N3O. The molecule has 1 aliphatic heterocycles. The largest absolute Gasteiger partial charge is 0.399 e. The van der Waals surface area contributed by atoms with E-state index in [0.29, 0.717) is 12.1 Å². The molecule has 0 saturated carbocycles. The first-order chi connectivity index (χ1) is 8.25. The number of nitrogens with zero attached hydrogens (tertiary/aromatic N) is 2. The number of rotatable bonds is 2. The summed E-state index contributed by atoms with van der Waals surface area (Å²) in [5.74, 6) is 0. The molecule has 1 aliphatic rings. The SMILES string of the molecule is CC(C1CCCO1)n1cnc2cc(N)ccc21. The predicted octanol–water partition coefficient (Wildman–Crippen LogP) is 2.36. The van der Waals surface area contributed by atoms with Crippen LogP contribution in [0.1, 0.15) is 25.8 Å². The van der Waals surface area contributed by atoms with Gasteiger partial charge in [0.2, 0.25) is 0 Å². The second kappa shape index (κ2) is 4.04. The minimum Gasteiger partial charge on any atom is -0.399 e. The summed E-state index contributed by atoms with van der Waals surface area (Å²) in [4.78, 5) is 4.40. The van der Waals surface area contributed by atoms with Crippen LogP contribution in [0.4, 0.5) is 5.69 Å². The Morgan fingerprint density at radius 1 is 1.53 bits per heavy atom. The fraction of sp³-hybridized carbons (Fsp3) is 0.462. The third-order valence-electron chi connectivity index (χ3n) is 3.54. The summed E-state index contributed by atoms with van der Waals surface area (Å²) in [6, 6.07) is 6.19. The van der Waals surface area contributed by atoms with Gasteiger partial charge in [-0.1, -0.05) is 0 Å². The molecule has 0 aliphatic carbocycles. The van der Waals surface area contributed by atoms with Crippen LogP contribution < -0.4 is 5.73 Å². The van der Waals surface area contributed by atoms with Gasteiger partial charge >= 0.3 is 0 Å². The minimum atomic E-state index is 0.310. The van der Waals surface area contributed by atoms with Crippen molar-refractivity contribution in [3.8, 4) is 0 Å². The molecule has 1 aromatic heterocycles. The predicted molar refractivity (Wildman–Crippen MR) is 67.8 cm³/mol. The number of nitrogen functional groups attached to an aromatic ring is 1. The minimum absolute atomic E-state index is 0.310. The number of aromatic nitrogens is 2. The van der Waals surface area contributed by atoms with E-state index in [4.69, 9.17) is 10.5 Å². The van der Waals surface area contributed by atoms with Gasteiger partial charge in [-0.25, -0.2) is 4.98 Å². The molecule has 0 radical (unpaired) electrons. The molecule has 17 heavy (non-hydrogen) atoms. The molecule has 2 heterocycles. The Morgan fingerprint density at radius 3 is 3.18 bits per heavy atom. The second-order valence-corrected chi connectivity index (χ2v) is 4.69. The summed E-state index contributed by atoms with van der Waals surface area (Å²) in [5, 5.41) is 0. The molecule has 90 valence electrons. The molecule has 0 bridgehead atoms. The summed E-state index contributed by atoms with van der Waals surface area (Å²) in [7, 11) is 0. The van der Waals surface area contributed by atoms with Crippen LogP contribution in [-0.4, -0.2) is 22.3 Å². The fourth-order valence-electron chi connectivity index (χ4n) is 2.54. The first-order valence-corrected chi connectivity index (χ1v) is 6.09. The summed E-state index contributed by atoms with van der Waals surface area (Å²) in [5.41, 5.74) is 8.59. The highest BCUT2D eigenvalue weighted by atomic mass is 16.5. The maximum Gasteiger partial charge on any atom is 0.0961 e.